The zero-order chi connectivity index (χ0) is 11.7. The van der Waals surface area contributed by atoms with Gasteiger partial charge in [0, 0.05) is 13.0 Å². The summed E-state index contributed by atoms with van der Waals surface area (Å²) in [5.41, 5.74) is 1.06. The summed E-state index contributed by atoms with van der Waals surface area (Å²) >= 11 is 5.78. The molecule has 1 N–H and O–H groups in total. The molecule has 1 aromatic heterocycles. The minimum absolute atomic E-state index is 0.0650. The third-order valence-corrected chi connectivity index (χ3v) is 2.31. The Morgan fingerprint density at radius 2 is 2.19 bits per heavy atom. The summed E-state index contributed by atoms with van der Waals surface area (Å²) in [6, 6.07) is 0. The number of hydrogen-bond acceptors (Lipinski definition) is 4. The first kappa shape index (κ1) is 11.1. The van der Waals surface area contributed by atoms with Crippen molar-refractivity contribution in [1.29, 1.82) is 0 Å². The van der Waals surface area contributed by atoms with Crippen molar-refractivity contribution >= 4 is 17.5 Å². The largest absolute Gasteiger partial charge is 0.474 e. The summed E-state index contributed by atoms with van der Waals surface area (Å²) in [5.74, 6) is 0.0655. The van der Waals surface area contributed by atoms with Gasteiger partial charge in [-0.05, 0) is 25.4 Å². The molecule has 1 aromatic rings. The van der Waals surface area contributed by atoms with Gasteiger partial charge in [0.05, 0.1) is 11.8 Å². The van der Waals surface area contributed by atoms with Gasteiger partial charge in [-0.1, -0.05) is 0 Å². The molecule has 0 unspecified atom stereocenters. The molecule has 0 radical (unpaired) electrons. The number of nitrogens with one attached hydrogen (secondary N) is 1. The van der Waals surface area contributed by atoms with Gasteiger partial charge in [0.1, 0.15) is 5.56 Å². The van der Waals surface area contributed by atoms with Crippen LogP contribution in [0.15, 0.2) is 0 Å². The highest BCUT2D eigenvalue weighted by atomic mass is 35.5. The van der Waals surface area contributed by atoms with Crippen LogP contribution in [0.2, 0.25) is 5.28 Å². The molecule has 0 aliphatic carbocycles. The van der Waals surface area contributed by atoms with Gasteiger partial charge >= 0.3 is 0 Å². The van der Waals surface area contributed by atoms with Gasteiger partial charge < -0.3 is 10.1 Å². The first-order chi connectivity index (χ1) is 7.58. The Bertz CT molecular complexity index is 434. The van der Waals surface area contributed by atoms with Crippen LogP contribution in [0.5, 0.6) is 5.88 Å². The summed E-state index contributed by atoms with van der Waals surface area (Å²) in [5, 5.41) is 2.84. The molecule has 0 spiro atoms. The van der Waals surface area contributed by atoms with Gasteiger partial charge in [-0.2, -0.15) is 4.98 Å². The van der Waals surface area contributed by atoms with Gasteiger partial charge in [-0.3, -0.25) is 4.79 Å². The molecular formula is C10H12ClN3O2. The lowest BCUT2D eigenvalue weighted by molar-refractivity contribution is 0.0936. The van der Waals surface area contributed by atoms with E-state index in [9.17, 15) is 4.79 Å². The highest BCUT2D eigenvalue weighted by molar-refractivity contribution is 6.28. The number of carbonyl (C=O) groups is 1. The zero-order valence-corrected chi connectivity index (χ0v) is 9.84. The van der Waals surface area contributed by atoms with Gasteiger partial charge in [0.2, 0.25) is 11.2 Å². The molecule has 86 valence electrons. The highest BCUT2D eigenvalue weighted by Gasteiger charge is 2.25. The Kier molecular flexibility index (Phi) is 2.96. The average Bonchev–Trinajstić information content (AvgIpc) is 2.15. The monoisotopic (exact) mass is 241 g/mol. The molecule has 2 heterocycles. The summed E-state index contributed by atoms with van der Waals surface area (Å²) < 4.78 is 5.47. The van der Waals surface area contributed by atoms with Crippen molar-refractivity contribution in [2.24, 2.45) is 0 Å². The van der Waals surface area contributed by atoms with Crippen LogP contribution in [0.25, 0.3) is 0 Å². The number of hydrogen-bond donors (Lipinski definition) is 1. The molecule has 0 saturated heterocycles. The standard InChI is InChI=1S/C10H12ClN3O2/c1-5(2)16-9-7-6(13-10(11)14-9)3-4-12-8(7)15/h5H,3-4H2,1-2H3,(H,12,15). The summed E-state index contributed by atoms with van der Waals surface area (Å²) in [6.45, 7) is 4.30. The minimum Gasteiger partial charge on any atom is -0.474 e. The molecule has 16 heavy (non-hydrogen) atoms. The Morgan fingerprint density at radius 3 is 2.88 bits per heavy atom. The quantitative estimate of drug-likeness (QED) is 0.791. The molecule has 2 rings (SSSR count). The van der Waals surface area contributed by atoms with Crippen LogP contribution in [-0.4, -0.2) is 28.5 Å². The Labute approximate surface area is 98.2 Å². The van der Waals surface area contributed by atoms with Crippen LogP contribution in [-0.2, 0) is 6.42 Å². The third-order valence-electron chi connectivity index (χ3n) is 2.15. The number of carbonyl (C=O) groups excluding carboxylic acids is 1. The highest BCUT2D eigenvalue weighted by Crippen LogP contribution is 2.24. The Balaban J connectivity index is 2.50. The van der Waals surface area contributed by atoms with E-state index < -0.39 is 0 Å². The van der Waals surface area contributed by atoms with E-state index in [1.807, 2.05) is 13.8 Å². The number of ether oxygens (including phenoxy) is 1. The second kappa shape index (κ2) is 4.25. The third kappa shape index (κ3) is 2.09. The maximum atomic E-state index is 11.7. The summed E-state index contributed by atoms with van der Waals surface area (Å²) in [6.07, 6.45) is 0.586. The molecule has 0 bridgehead atoms. The predicted octanol–water partition coefficient (Wildman–Crippen LogP) is 1.20. The van der Waals surface area contributed by atoms with Crippen molar-refractivity contribution in [2.45, 2.75) is 26.4 Å². The van der Waals surface area contributed by atoms with E-state index in [1.54, 1.807) is 0 Å². The van der Waals surface area contributed by atoms with Crippen molar-refractivity contribution in [3.63, 3.8) is 0 Å². The van der Waals surface area contributed by atoms with Crippen molar-refractivity contribution in [3.05, 3.63) is 16.5 Å². The fraction of sp³-hybridized carbons (Fsp3) is 0.500. The maximum absolute atomic E-state index is 11.7. The predicted molar refractivity (Wildman–Crippen MR) is 58.8 cm³/mol. The molecule has 1 aliphatic heterocycles. The van der Waals surface area contributed by atoms with Gasteiger partial charge in [-0.15, -0.1) is 0 Å². The summed E-state index contributed by atoms with van der Waals surface area (Å²) in [7, 11) is 0. The lowest BCUT2D eigenvalue weighted by Gasteiger charge is -2.19. The molecule has 0 aromatic carbocycles. The Morgan fingerprint density at radius 1 is 1.44 bits per heavy atom. The second-order valence-electron chi connectivity index (χ2n) is 3.79. The van der Waals surface area contributed by atoms with E-state index in [-0.39, 0.29) is 23.2 Å². The first-order valence-electron chi connectivity index (χ1n) is 5.09. The second-order valence-corrected chi connectivity index (χ2v) is 4.13. The lowest BCUT2D eigenvalue weighted by Crippen LogP contribution is -2.33. The van der Waals surface area contributed by atoms with Crippen LogP contribution < -0.4 is 10.1 Å². The molecule has 1 aliphatic rings. The van der Waals surface area contributed by atoms with Crippen molar-refractivity contribution in [1.82, 2.24) is 15.3 Å². The van der Waals surface area contributed by atoms with E-state index in [2.05, 4.69) is 15.3 Å². The van der Waals surface area contributed by atoms with Crippen molar-refractivity contribution in [2.75, 3.05) is 6.54 Å². The van der Waals surface area contributed by atoms with Crippen molar-refractivity contribution < 1.29 is 9.53 Å². The first-order valence-corrected chi connectivity index (χ1v) is 5.47. The zero-order valence-electron chi connectivity index (χ0n) is 9.08. The number of nitrogens with zero attached hydrogens (tertiary/aromatic N) is 2. The number of aromatic nitrogens is 2. The SMILES string of the molecule is CC(C)Oc1nc(Cl)nc2c1C(=O)NCC2. The minimum atomic E-state index is -0.200. The van der Waals surface area contributed by atoms with Crippen LogP contribution in [0, 0.1) is 0 Å². The van der Waals surface area contributed by atoms with Gasteiger partial charge in [0.25, 0.3) is 5.91 Å². The normalized spacial score (nSPS) is 14.6. The fourth-order valence-corrected chi connectivity index (χ4v) is 1.73. The van der Waals surface area contributed by atoms with Crippen LogP contribution in [0.4, 0.5) is 0 Å². The smallest absolute Gasteiger partial charge is 0.258 e. The number of amides is 1. The molecule has 0 atom stereocenters. The summed E-state index contributed by atoms with van der Waals surface area (Å²) in [4.78, 5) is 19.7. The van der Waals surface area contributed by atoms with E-state index in [0.717, 1.165) is 0 Å². The van der Waals surface area contributed by atoms with E-state index >= 15 is 0 Å². The molecule has 5 nitrogen and oxygen atoms in total. The average molecular weight is 242 g/mol. The van der Waals surface area contributed by atoms with E-state index in [0.29, 0.717) is 24.2 Å². The lowest BCUT2D eigenvalue weighted by atomic mass is 10.1. The van der Waals surface area contributed by atoms with E-state index in [4.69, 9.17) is 16.3 Å². The topological polar surface area (TPSA) is 64.1 Å². The Hall–Kier alpha value is -1.36. The van der Waals surface area contributed by atoms with Crippen molar-refractivity contribution in [3.8, 4) is 5.88 Å². The molecule has 0 saturated carbocycles. The van der Waals surface area contributed by atoms with E-state index in [1.165, 1.54) is 0 Å². The molecular weight excluding hydrogens is 230 g/mol. The van der Waals surface area contributed by atoms with Crippen LogP contribution >= 0.6 is 11.6 Å². The van der Waals surface area contributed by atoms with Gasteiger partial charge in [0.15, 0.2) is 0 Å². The number of fused-ring (bicyclic) bond motifs is 1. The van der Waals surface area contributed by atoms with Crippen LogP contribution in [0.1, 0.15) is 29.9 Å². The number of rotatable bonds is 2. The van der Waals surface area contributed by atoms with Gasteiger partial charge in [-0.25, -0.2) is 4.98 Å². The fourth-order valence-electron chi connectivity index (χ4n) is 1.56. The number of halogens is 1. The van der Waals surface area contributed by atoms with Crippen LogP contribution in [0.3, 0.4) is 0 Å². The molecule has 0 fully saturated rings. The molecule has 6 heteroatoms. The maximum Gasteiger partial charge on any atom is 0.258 e. The molecule has 1 amide bonds.